The minimum absolute atomic E-state index is 0.169. The quantitative estimate of drug-likeness (QED) is 0.0803. The number of hydrogen-bond donors (Lipinski definition) is 3. The lowest BCUT2D eigenvalue weighted by Crippen LogP contribution is -2.37. The molecule has 4 unspecified atom stereocenters. The van der Waals surface area contributed by atoms with Gasteiger partial charge in [-0.15, -0.1) is 0 Å². The van der Waals surface area contributed by atoms with E-state index in [0.717, 1.165) is 33.4 Å². The molecule has 14 nitrogen and oxygen atoms in total. The number of esters is 1. The van der Waals surface area contributed by atoms with E-state index in [2.05, 4.69) is 34.3 Å². The summed E-state index contributed by atoms with van der Waals surface area (Å²) in [4.78, 5) is 59.6. The summed E-state index contributed by atoms with van der Waals surface area (Å²) in [7, 11) is 1.36. The maximum Gasteiger partial charge on any atom is 0.407 e. The van der Waals surface area contributed by atoms with Gasteiger partial charge in [0, 0.05) is 48.2 Å². The molecule has 4 aromatic rings. The number of carbonyl (C=O) groups excluding carboxylic acids is 3. The van der Waals surface area contributed by atoms with Gasteiger partial charge in [-0.25, -0.2) is 9.59 Å². The number of amides is 2. The maximum absolute atomic E-state index is 12.3. The summed E-state index contributed by atoms with van der Waals surface area (Å²) in [5.41, 5.74) is 6.76. The highest BCUT2D eigenvalue weighted by atomic mass is 16.7. The van der Waals surface area contributed by atoms with Gasteiger partial charge in [-0.3, -0.25) is 19.3 Å². The average molecular weight is 915 g/mol. The number of alkyl carbamates (subject to hydrolysis) is 2. The van der Waals surface area contributed by atoms with Gasteiger partial charge in [0.05, 0.1) is 32.4 Å². The topological polar surface area (TPSA) is 165 Å². The first kappa shape index (κ1) is 51.3. The van der Waals surface area contributed by atoms with Crippen LogP contribution < -0.4 is 10.6 Å². The number of ether oxygens (including phenoxy) is 3. The Hall–Kier alpha value is -6.68. The Morgan fingerprint density at radius 2 is 0.910 bits per heavy atom. The highest BCUT2D eigenvalue weighted by Crippen LogP contribution is 2.26. The molecule has 2 heterocycles. The number of aliphatic carboxylic acids is 1. The molecule has 0 aliphatic carbocycles. The predicted molar refractivity (Wildman–Crippen MR) is 253 cm³/mol. The van der Waals surface area contributed by atoms with Gasteiger partial charge in [0.15, 0.2) is 0 Å². The van der Waals surface area contributed by atoms with E-state index in [9.17, 15) is 24.3 Å². The molecule has 354 valence electrons. The second-order valence-electron chi connectivity index (χ2n) is 18.4. The fraction of sp³-hybridized carbons (Fsp3) is 0.396. The summed E-state index contributed by atoms with van der Waals surface area (Å²) in [6.07, 6.45) is -1.21. The minimum atomic E-state index is -0.963. The van der Waals surface area contributed by atoms with Gasteiger partial charge >= 0.3 is 24.1 Å². The summed E-state index contributed by atoms with van der Waals surface area (Å²) in [6.45, 7) is 15.9. The number of rotatable bonds is 10. The van der Waals surface area contributed by atoms with Crippen molar-refractivity contribution in [1.82, 2.24) is 20.8 Å². The van der Waals surface area contributed by atoms with Gasteiger partial charge in [-0.1, -0.05) is 83.3 Å². The zero-order chi connectivity index (χ0) is 48.7. The SMILES string of the molecule is COC(=O)C1CC(CNC(=O)OC(C)(C)C)ON1Cc1ccc(C#Cc2ccc(C)cc2)cc1.Cc1ccc(C#Cc2ccc(CN3OC(CNC(=O)OC(C)(C)C)CC3C(=O)O)cc2)cc1. The smallest absolute Gasteiger partial charge is 0.407 e. The highest BCUT2D eigenvalue weighted by Gasteiger charge is 2.40. The molecule has 0 aromatic heterocycles. The van der Waals surface area contributed by atoms with E-state index in [-0.39, 0.29) is 31.6 Å². The number of benzene rings is 4. The molecule has 2 amide bonds. The first-order chi connectivity index (χ1) is 31.7. The van der Waals surface area contributed by atoms with Crippen molar-refractivity contribution in [2.45, 2.75) is 117 Å². The van der Waals surface area contributed by atoms with Gasteiger partial charge in [-0.2, -0.15) is 10.1 Å². The maximum atomic E-state index is 12.3. The van der Waals surface area contributed by atoms with Crippen molar-refractivity contribution in [3.8, 4) is 23.7 Å². The van der Waals surface area contributed by atoms with Crippen LogP contribution >= 0.6 is 0 Å². The van der Waals surface area contributed by atoms with E-state index in [4.69, 9.17) is 23.9 Å². The van der Waals surface area contributed by atoms with Crippen molar-refractivity contribution in [1.29, 1.82) is 0 Å². The second kappa shape index (κ2) is 23.7. The summed E-state index contributed by atoms with van der Waals surface area (Å²) >= 11 is 0. The van der Waals surface area contributed by atoms with Crippen molar-refractivity contribution >= 4 is 24.1 Å². The standard InChI is InChI=1S/C27H32N2O5.C26H30N2O5/c1-19-6-8-20(9-7-19)10-11-21-12-14-22(15-13-21)18-29-24(25(30)32-5)16-23(34-29)17-28-26(31)33-27(2,3)4;1-18-5-7-19(8-6-18)9-10-20-11-13-21(14-12-20)17-28-23(24(29)30)15-22(33-28)16-27-25(31)32-26(2,3)4/h6-9,12-15,23-24H,16-18H2,1-5H3,(H,28,31);5-8,11-14,22-23H,15-17H2,1-4H3,(H,27,31)(H,29,30). The number of aryl methyl sites for hydroxylation is 2. The molecular weight excluding hydrogens is 853 g/mol. The van der Waals surface area contributed by atoms with Crippen LogP contribution in [0.2, 0.25) is 0 Å². The summed E-state index contributed by atoms with van der Waals surface area (Å²) in [5.74, 6) is 11.3. The number of nitrogens with one attached hydrogen (secondary N) is 2. The van der Waals surface area contributed by atoms with E-state index in [1.165, 1.54) is 23.3 Å². The zero-order valence-electron chi connectivity index (χ0n) is 39.8. The van der Waals surface area contributed by atoms with E-state index in [0.29, 0.717) is 19.5 Å². The average Bonchev–Trinajstić information content (AvgIpc) is 3.88. The Labute approximate surface area is 394 Å². The molecule has 3 N–H and O–H groups in total. The van der Waals surface area contributed by atoms with Crippen LogP contribution in [-0.4, -0.2) is 95.1 Å². The molecule has 4 aromatic carbocycles. The lowest BCUT2D eigenvalue weighted by molar-refractivity contribution is -0.184. The Kier molecular flexibility index (Phi) is 18.1. The molecule has 2 fully saturated rings. The normalized spacial score (nSPS) is 18.2. The predicted octanol–water partition coefficient (Wildman–Crippen LogP) is 7.85. The van der Waals surface area contributed by atoms with Gasteiger partial charge in [0.1, 0.15) is 23.3 Å². The van der Waals surface area contributed by atoms with E-state index >= 15 is 0 Å². The molecular formula is C53H62N4O10. The van der Waals surface area contributed by atoms with Crippen LogP contribution in [0.25, 0.3) is 0 Å². The highest BCUT2D eigenvalue weighted by molar-refractivity contribution is 5.76. The second-order valence-corrected chi connectivity index (χ2v) is 18.4. The molecule has 0 bridgehead atoms. The van der Waals surface area contributed by atoms with Gasteiger partial charge in [0.2, 0.25) is 0 Å². The number of hydrogen-bond acceptors (Lipinski definition) is 11. The molecule has 2 saturated heterocycles. The van der Waals surface area contributed by atoms with Crippen molar-refractivity contribution in [3.63, 3.8) is 0 Å². The lowest BCUT2D eigenvalue weighted by atomic mass is 10.1. The minimum Gasteiger partial charge on any atom is -0.480 e. The van der Waals surface area contributed by atoms with Gasteiger partial charge in [0.25, 0.3) is 0 Å². The third-order valence-corrected chi connectivity index (χ3v) is 10.1. The van der Waals surface area contributed by atoms with Crippen molar-refractivity contribution in [2.24, 2.45) is 0 Å². The number of methoxy groups -OCH3 is 1. The summed E-state index contributed by atoms with van der Waals surface area (Å²) in [6, 6.07) is 30.2. The number of hydroxylamine groups is 4. The van der Waals surface area contributed by atoms with Crippen LogP contribution in [0.4, 0.5) is 9.59 Å². The monoisotopic (exact) mass is 914 g/mol. The molecule has 0 saturated carbocycles. The van der Waals surface area contributed by atoms with Crippen molar-refractivity contribution in [3.05, 3.63) is 142 Å². The van der Waals surface area contributed by atoms with Crippen LogP contribution in [0, 0.1) is 37.5 Å². The molecule has 0 radical (unpaired) electrons. The lowest BCUT2D eigenvalue weighted by Gasteiger charge is -2.22. The van der Waals surface area contributed by atoms with Crippen molar-refractivity contribution in [2.75, 3.05) is 20.2 Å². The molecule has 6 rings (SSSR count). The van der Waals surface area contributed by atoms with Crippen LogP contribution in [-0.2, 0) is 46.6 Å². The first-order valence-electron chi connectivity index (χ1n) is 22.2. The summed E-state index contributed by atoms with van der Waals surface area (Å²) < 4.78 is 15.4. The van der Waals surface area contributed by atoms with Crippen LogP contribution in [0.15, 0.2) is 97.1 Å². The van der Waals surface area contributed by atoms with Gasteiger partial charge in [-0.05, 0) is 115 Å². The number of nitrogens with zero attached hydrogens (tertiary/aromatic N) is 2. The van der Waals surface area contributed by atoms with E-state index in [1.807, 2.05) is 111 Å². The molecule has 14 heteroatoms. The van der Waals surface area contributed by atoms with Gasteiger partial charge < -0.3 is 30.0 Å². The summed E-state index contributed by atoms with van der Waals surface area (Å²) in [5, 5.41) is 18.0. The number of carboxylic acids is 1. The zero-order valence-corrected chi connectivity index (χ0v) is 39.8. The third kappa shape index (κ3) is 17.6. The molecule has 67 heavy (non-hydrogen) atoms. The largest absolute Gasteiger partial charge is 0.480 e. The fourth-order valence-electron chi connectivity index (χ4n) is 6.79. The number of carbonyl (C=O) groups is 4. The van der Waals surface area contributed by atoms with Crippen LogP contribution in [0.1, 0.15) is 98.9 Å². The molecule has 2 aliphatic rings. The van der Waals surface area contributed by atoms with Crippen LogP contribution in [0.5, 0.6) is 0 Å². The first-order valence-corrected chi connectivity index (χ1v) is 22.2. The Morgan fingerprint density at radius 1 is 0.582 bits per heavy atom. The van der Waals surface area contributed by atoms with E-state index < -0.39 is 47.5 Å². The Morgan fingerprint density at radius 3 is 1.24 bits per heavy atom. The number of carboxylic acid groups (broad SMARTS) is 1. The van der Waals surface area contributed by atoms with E-state index in [1.54, 1.807) is 46.6 Å². The Bertz CT molecular complexity index is 2420. The molecule has 0 spiro atoms. The molecule has 2 aliphatic heterocycles. The third-order valence-electron chi connectivity index (χ3n) is 10.1. The Balaban J connectivity index is 0.000000251. The van der Waals surface area contributed by atoms with Crippen LogP contribution in [0.3, 0.4) is 0 Å². The fourth-order valence-corrected chi connectivity index (χ4v) is 6.79. The van der Waals surface area contributed by atoms with Crippen molar-refractivity contribution < 1.29 is 48.2 Å². The molecule has 4 atom stereocenters.